The molecule has 0 aliphatic rings. The maximum absolute atomic E-state index is 6.36. The van der Waals surface area contributed by atoms with Gasteiger partial charge < -0.3 is 5.73 Å². The Balaban J connectivity index is 2.76. The van der Waals surface area contributed by atoms with Gasteiger partial charge >= 0.3 is 0 Å². The SMILES string of the molecule is CCCC(CCC)C(N)c1cc(Br)c(Br)s1. The van der Waals surface area contributed by atoms with Crippen molar-refractivity contribution >= 4 is 43.2 Å². The van der Waals surface area contributed by atoms with Crippen LogP contribution in [0.15, 0.2) is 14.3 Å². The Morgan fingerprint density at radius 3 is 2.19 bits per heavy atom. The summed E-state index contributed by atoms with van der Waals surface area (Å²) < 4.78 is 2.26. The lowest BCUT2D eigenvalue weighted by atomic mass is 9.90. The topological polar surface area (TPSA) is 26.0 Å². The Morgan fingerprint density at radius 1 is 1.25 bits per heavy atom. The van der Waals surface area contributed by atoms with Crippen LogP contribution in [0.1, 0.15) is 50.4 Å². The van der Waals surface area contributed by atoms with Crippen LogP contribution in [0.5, 0.6) is 0 Å². The molecule has 1 aromatic heterocycles. The zero-order valence-electron chi connectivity index (χ0n) is 9.80. The van der Waals surface area contributed by atoms with Crippen molar-refractivity contribution < 1.29 is 0 Å². The zero-order valence-corrected chi connectivity index (χ0v) is 13.8. The number of nitrogens with two attached hydrogens (primary N) is 1. The van der Waals surface area contributed by atoms with E-state index in [2.05, 4.69) is 51.8 Å². The fraction of sp³-hybridized carbons (Fsp3) is 0.667. The first kappa shape index (κ1) is 14.7. The minimum atomic E-state index is 0.187. The quantitative estimate of drug-likeness (QED) is 0.705. The smallest absolute Gasteiger partial charge is 0.0843 e. The van der Waals surface area contributed by atoms with Crippen LogP contribution >= 0.6 is 43.2 Å². The predicted molar refractivity (Wildman–Crippen MR) is 80.0 cm³/mol. The average molecular weight is 369 g/mol. The van der Waals surface area contributed by atoms with Crippen molar-refractivity contribution in [1.82, 2.24) is 0 Å². The van der Waals surface area contributed by atoms with Crippen LogP contribution in [0.25, 0.3) is 0 Å². The van der Waals surface area contributed by atoms with Crippen molar-refractivity contribution in [2.45, 2.75) is 45.6 Å². The predicted octanol–water partition coefficient (Wildman–Crippen LogP) is 5.49. The first-order chi connectivity index (χ1) is 7.60. The molecule has 0 aliphatic carbocycles. The molecule has 1 atom stereocenters. The van der Waals surface area contributed by atoms with Crippen molar-refractivity contribution in [2.24, 2.45) is 11.7 Å². The van der Waals surface area contributed by atoms with E-state index in [9.17, 15) is 0 Å². The molecule has 0 fully saturated rings. The lowest BCUT2D eigenvalue weighted by molar-refractivity contribution is 0.372. The standard InChI is InChI=1S/C12H19Br2NS/c1-3-5-8(6-4-2)11(15)10-7-9(13)12(14)16-10/h7-8,11H,3-6,15H2,1-2H3. The van der Waals surface area contributed by atoms with Gasteiger partial charge in [-0.25, -0.2) is 0 Å². The largest absolute Gasteiger partial charge is 0.323 e. The van der Waals surface area contributed by atoms with E-state index in [0.29, 0.717) is 5.92 Å². The van der Waals surface area contributed by atoms with Gasteiger partial charge in [0.1, 0.15) is 0 Å². The van der Waals surface area contributed by atoms with Crippen LogP contribution < -0.4 is 5.73 Å². The molecule has 0 saturated carbocycles. The molecule has 1 heterocycles. The highest BCUT2D eigenvalue weighted by atomic mass is 79.9. The molecule has 0 spiro atoms. The molecule has 0 aliphatic heterocycles. The summed E-state index contributed by atoms with van der Waals surface area (Å²) in [4.78, 5) is 1.28. The molecule has 0 aromatic carbocycles. The molecule has 0 radical (unpaired) electrons. The van der Waals surface area contributed by atoms with Gasteiger partial charge in [-0.3, -0.25) is 0 Å². The van der Waals surface area contributed by atoms with Crippen LogP contribution in [0.2, 0.25) is 0 Å². The van der Waals surface area contributed by atoms with Gasteiger partial charge in [-0.15, -0.1) is 11.3 Å². The molecule has 16 heavy (non-hydrogen) atoms. The first-order valence-electron chi connectivity index (χ1n) is 5.80. The van der Waals surface area contributed by atoms with Gasteiger partial charge in [0.05, 0.1) is 3.79 Å². The highest BCUT2D eigenvalue weighted by Gasteiger charge is 2.20. The molecular formula is C12H19Br2NS. The normalized spacial score (nSPS) is 13.4. The van der Waals surface area contributed by atoms with Crippen molar-refractivity contribution in [3.8, 4) is 0 Å². The molecule has 2 N–H and O–H groups in total. The lowest BCUT2D eigenvalue weighted by Crippen LogP contribution is -2.20. The summed E-state index contributed by atoms with van der Waals surface area (Å²) in [6, 6.07) is 2.34. The summed E-state index contributed by atoms with van der Waals surface area (Å²) in [5.74, 6) is 0.618. The highest BCUT2D eigenvalue weighted by molar-refractivity contribution is 9.13. The minimum Gasteiger partial charge on any atom is -0.323 e. The molecule has 0 saturated heterocycles. The van der Waals surface area contributed by atoms with Gasteiger partial charge in [-0.1, -0.05) is 26.7 Å². The lowest BCUT2D eigenvalue weighted by Gasteiger charge is -2.22. The molecule has 0 bridgehead atoms. The maximum atomic E-state index is 6.36. The number of hydrogen-bond donors (Lipinski definition) is 1. The van der Waals surface area contributed by atoms with Gasteiger partial charge in [-0.2, -0.15) is 0 Å². The molecular weight excluding hydrogens is 350 g/mol. The van der Waals surface area contributed by atoms with Crippen molar-refractivity contribution in [1.29, 1.82) is 0 Å². The summed E-state index contributed by atoms with van der Waals surface area (Å²) in [6.07, 6.45) is 4.88. The van der Waals surface area contributed by atoms with E-state index in [1.54, 1.807) is 11.3 Å². The summed E-state index contributed by atoms with van der Waals surface area (Å²) >= 11 is 8.79. The first-order valence-corrected chi connectivity index (χ1v) is 8.20. The summed E-state index contributed by atoms with van der Waals surface area (Å²) in [7, 11) is 0. The van der Waals surface area contributed by atoms with Crippen molar-refractivity contribution in [3.63, 3.8) is 0 Å². The average Bonchev–Trinajstić information content (AvgIpc) is 2.58. The molecule has 1 unspecified atom stereocenters. The van der Waals surface area contributed by atoms with E-state index in [4.69, 9.17) is 5.73 Å². The monoisotopic (exact) mass is 367 g/mol. The van der Waals surface area contributed by atoms with E-state index >= 15 is 0 Å². The van der Waals surface area contributed by atoms with E-state index < -0.39 is 0 Å². The Kier molecular flexibility index (Phi) is 6.55. The molecule has 1 nitrogen and oxygen atoms in total. The van der Waals surface area contributed by atoms with Crippen molar-refractivity contribution in [2.75, 3.05) is 0 Å². The second-order valence-corrected chi connectivity index (χ2v) is 7.39. The van der Waals surface area contributed by atoms with Crippen LogP contribution in [0.4, 0.5) is 0 Å². The fourth-order valence-corrected chi connectivity index (χ4v) is 4.19. The van der Waals surface area contributed by atoms with Gasteiger partial charge in [0, 0.05) is 15.4 Å². The number of hydrogen-bond acceptors (Lipinski definition) is 2. The number of rotatable bonds is 6. The minimum absolute atomic E-state index is 0.187. The third-order valence-electron chi connectivity index (χ3n) is 2.82. The highest BCUT2D eigenvalue weighted by Crippen LogP contribution is 2.38. The van der Waals surface area contributed by atoms with E-state index in [1.165, 1.54) is 30.6 Å². The fourth-order valence-electron chi connectivity index (χ4n) is 2.00. The van der Waals surface area contributed by atoms with Crippen LogP contribution in [-0.4, -0.2) is 0 Å². The zero-order chi connectivity index (χ0) is 12.1. The van der Waals surface area contributed by atoms with Gasteiger partial charge in [0.2, 0.25) is 0 Å². The summed E-state index contributed by atoms with van der Waals surface area (Å²) in [5.41, 5.74) is 6.36. The van der Waals surface area contributed by atoms with Crippen LogP contribution in [0.3, 0.4) is 0 Å². The number of thiophene rings is 1. The molecule has 4 heteroatoms. The number of halogens is 2. The van der Waals surface area contributed by atoms with Gasteiger partial charge in [-0.05, 0) is 56.7 Å². The Labute approximate surface area is 119 Å². The Bertz CT molecular complexity index is 299. The van der Waals surface area contributed by atoms with Crippen LogP contribution in [0, 0.1) is 5.92 Å². The van der Waals surface area contributed by atoms with Crippen molar-refractivity contribution in [3.05, 3.63) is 19.2 Å². The van der Waals surface area contributed by atoms with Crippen LogP contribution in [-0.2, 0) is 0 Å². The molecule has 0 amide bonds. The third-order valence-corrected chi connectivity index (χ3v) is 6.18. The Morgan fingerprint density at radius 2 is 1.81 bits per heavy atom. The van der Waals surface area contributed by atoms with Gasteiger partial charge in [0.15, 0.2) is 0 Å². The third kappa shape index (κ3) is 3.83. The maximum Gasteiger partial charge on any atom is 0.0843 e. The second-order valence-electron chi connectivity index (χ2n) is 4.13. The summed E-state index contributed by atoms with van der Waals surface area (Å²) in [6.45, 7) is 4.46. The van der Waals surface area contributed by atoms with E-state index in [1.807, 2.05) is 0 Å². The van der Waals surface area contributed by atoms with Gasteiger partial charge in [0.25, 0.3) is 0 Å². The Hall–Kier alpha value is 0.620. The summed E-state index contributed by atoms with van der Waals surface area (Å²) in [5, 5.41) is 0. The molecule has 1 aromatic rings. The second kappa shape index (κ2) is 7.14. The molecule has 1 rings (SSSR count). The van der Waals surface area contributed by atoms with E-state index in [-0.39, 0.29) is 6.04 Å². The van der Waals surface area contributed by atoms with E-state index in [0.717, 1.165) is 8.26 Å². The molecule has 92 valence electrons.